The van der Waals surface area contributed by atoms with Gasteiger partial charge in [0.2, 0.25) is 15.9 Å². The van der Waals surface area contributed by atoms with Crippen molar-refractivity contribution in [2.24, 2.45) is 11.8 Å². The summed E-state index contributed by atoms with van der Waals surface area (Å²) < 4.78 is 24.6. The maximum atomic E-state index is 12.4. The third-order valence-corrected chi connectivity index (χ3v) is 7.69. The van der Waals surface area contributed by atoms with E-state index in [1.807, 2.05) is 11.3 Å². The van der Waals surface area contributed by atoms with Crippen LogP contribution in [0.15, 0.2) is 17.5 Å². The Hall–Kier alpha value is -0.960. The molecule has 0 spiro atoms. The van der Waals surface area contributed by atoms with Crippen molar-refractivity contribution in [2.75, 3.05) is 39.0 Å². The molecule has 1 aromatic rings. The van der Waals surface area contributed by atoms with Gasteiger partial charge in [-0.2, -0.15) is 0 Å². The highest BCUT2D eigenvalue weighted by molar-refractivity contribution is 7.88. The molecule has 2 aliphatic heterocycles. The number of amides is 1. The number of piperidine rings is 2. The molecular formula is C18H29N3O3S2. The summed E-state index contributed by atoms with van der Waals surface area (Å²) in [6.45, 7) is 4.88. The molecule has 0 radical (unpaired) electrons. The van der Waals surface area contributed by atoms with E-state index in [-0.39, 0.29) is 11.8 Å². The van der Waals surface area contributed by atoms with Gasteiger partial charge in [0.1, 0.15) is 0 Å². The van der Waals surface area contributed by atoms with Crippen molar-refractivity contribution < 1.29 is 13.2 Å². The van der Waals surface area contributed by atoms with E-state index < -0.39 is 10.0 Å². The number of thiophene rings is 1. The van der Waals surface area contributed by atoms with E-state index in [4.69, 9.17) is 0 Å². The Morgan fingerprint density at radius 2 is 1.88 bits per heavy atom. The van der Waals surface area contributed by atoms with Gasteiger partial charge in [-0.1, -0.05) is 6.07 Å². The third-order valence-electron chi connectivity index (χ3n) is 5.53. The number of nitrogens with one attached hydrogen (secondary N) is 1. The first-order valence-corrected chi connectivity index (χ1v) is 12.1. The topological polar surface area (TPSA) is 69.7 Å². The zero-order chi connectivity index (χ0) is 18.6. The van der Waals surface area contributed by atoms with Gasteiger partial charge in [-0.3, -0.25) is 9.69 Å². The first kappa shape index (κ1) is 19.8. The van der Waals surface area contributed by atoms with Crippen molar-refractivity contribution in [3.8, 4) is 0 Å². The molecule has 1 N–H and O–H groups in total. The van der Waals surface area contributed by atoms with E-state index in [0.717, 1.165) is 39.0 Å². The molecule has 2 fully saturated rings. The van der Waals surface area contributed by atoms with Crippen molar-refractivity contribution >= 4 is 27.3 Å². The lowest BCUT2D eigenvalue weighted by Gasteiger charge is -2.33. The molecule has 8 heteroatoms. The molecule has 3 heterocycles. The smallest absolute Gasteiger partial charge is 0.223 e. The second-order valence-corrected chi connectivity index (χ2v) is 10.5. The van der Waals surface area contributed by atoms with Crippen molar-refractivity contribution in [3.05, 3.63) is 22.4 Å². The van der Waals surface area contributed by atoms with Crippen LogP contribution in [0.2, 0.25) is 0 Å². The first-order valence-electron chi connectivity index (χ1n) is 9.39. The van der Waals surface area contributed by atoms with Crippen LogP contribution < -0.4 is 5.32 Å². The quantitative estimate of drug-likeness (QED) is 0.791. The molecule has 0 bridgehead atoms. The van der Waals surface area contributed by atoms with Gasteiger partial charge in [-0.05, 0) is 56.1 Å². The van der Waals surface area contributed by atoms with Gasteiger partial charge in [0.05, 0.1) is 6.26 Å². The van der Waals surface area contributed by atoms with Gasteiger partial charge in [-0.25, -0.2) is 12.7 Å². The lowest BCUT2D eigenvalue weighted by atomic mass is 9.94. The summed E-state index contributed by atoms with van der Waals surface area (Å²) in [6, 6.07) is 4.29. The summed E-state index contributed by atoms with van der Waals surface area (Å²) in [6.07, 6.45) is 4.73. The maximum absolute atomic E-state index is 12.4. The fourth-order valence-electron chi connectivity index (χ4n) is 3.81. The van der Waals surface area contributed by atoms with Gasteiger partial charge in [0.25, 0.3) is 0 Å². The minimum atomic E-state index is -3.13. The highest BCUT2D eigenvalue weighted by Crippen LogP contribution is 2.22. The molecule has 3 rings (SSSR count). The highest BCUT2D eigenvalue weighted by atomic mass is 32.2. The summed E-state index contributed by atoms with van der Waals surface area (Å²) in [5.41, 5.74) is 0. The molecule has 2 saturated heterocycles. The summed E-state index contributed by atoms with van der Waals surface area (Å²) in [5.74, 6) is 0.598. The number of sulfonamides is 1. The second-order valence-electron chi connectivity index (χ2n) is 7.48. The molecule has 0 atom stereocenters. The summed E-state index contributed by atoms with van der Waals surface area (Å²) >= 11 is 1.81. The lowest BCUT2D eigenvalue weighted by molar-refractivity contribution is -0.126. The SMILES string of the molecule is CS(=O)(=O)N1CCC(C(=O)NCC2CCN(Cc3cccs3)CC2)CC1. The number of hydrogen-bond donors (Lipinski definition) is 1. The molecule has 1 aromatic heterocycles. The molecule has 0 unspecified atom stereocenters. The minimum Gasteiger partial charge on any atom is -0.356 e. The van der Waals surface area contributed by atoms with E-state index in [9.17, 15) is 13.2 Å². The highest BCUT2D eigenvalue weighted by Gasteiger charge is 2.29. The van der Waals surface area contributed by atoms with Crippen molar-refractivity contribution in [3.63, 3.8) is 0 Å². The van der Waals surface area contributed by atoms with E-state index in [1.54, 1.807) is 0 Å². The number of hydrogen-bond acceptors (Lipinski definition) is 5. The standard InChI is InChI=1S/C18H29N3O3S2/c1-26(23,24)21-10-6-16(7-11-21)18(22)19-13-15-4-8-20(9-5-15)14-17-3-2-12-25-17/h2-3,12,15-16H,4-11,13-14H2,1H3,(H,19,22). The molecule has 146 valence electrons. The third kappa shape index (κ3) is 5.52. The van der Waals surface area contributed by atoms with Crippen LogP contribution in [0.5, 0.6) is 0 Å². The average Bonchev–Trinajstić information content (AvgIpc) is 3.13. The van der Waals surface area contributed by atoms with Crippen LogP contribution in [0.4, 0.5) is 0 Å². The van der Waals surface area contributed by atoms with Crippen LogP contribution in [-0.4, -0.2) is 62.5 Å². The van der Waals surface area contributed by atoms with Crippen LogP contribution >= 0.6 is 11.3 Å². The molecule has 26 heavy (non-hydrogen) atoms. The molecule has 1 amide bonds. The predicted octanol–water partition coefficient (Wildman–Crippen LogP) is 1.75. The second kappa shape index (κ2) is 8.82. The van der Waals surface area contributed by atoms with E-state index in [0.29, 0.717) is 31.8 Å². The average molecular weight is 400 g/mol. The Balaban J connectivity index is 1.34. The molecule has 2 aliphatic rings. The number of carbonyl (C=O) groups excluding carboxylic acids is 1. The largest absolute Gasteiger partial charge is 0.356 e. The van der Waals surface area contributed by atoms with Crippen LogP contribution in [0.3, 0.4) is 0 Å². The van der Waals surface area contributed by atoms with E-state index in [1.165, 1.54) is 15.4 Å². The van der Waals surface area contributed by atoms with E-state index >= 15 is 0 Å². The van der Waals surface area contributed by atoms with Gasteiger partial charge in [0, 0.05) is 37.0 Å². The van der Waals surface area contributed by atoms with Gasteiger partial charge in [-0.15, -0.1) is 11.3 Å². The number of rotatable bonds is 6. The Bertz CT molecular complexity index is 675. The summed E-state index contributed by atoms with van der Waals surface area (Å²) in [4.78, 5) is 16.3. The summed E-state index contributed by atoms with van der Waals surface area (Å²) in [5, 5.41) is 5.24. The zero-order valence-corrected chi connectivity index (χ0v) is 17.0. The Morgan fingerprint density at radius 3 is 2.46 bits per heavy atom. The molecule has 0 saturated carbocycles. The Kier molecular flexibility index (Phi) is 6.71. The minimum absolute atomic E-state index is 0.0492. The van der Waals surface area contributed by atoms with Crippen molar-refractivity contribution in [1.82, 2.24) is 14.5 Å². The zero-order valence-electron chi connectivity index (χ0n) is 15.4. The first-order chi connectivity index (χ1) is 12.4. The number of nitrogens with zero attached hydrogens (tertiary/aromatic N) is 2. The van der Waals surface area contributed by atoms with Gasteiger partial charge >= 0.3 is 0 Å². The lowest BCUT2D eigenvalue weighted by Crippen LogP contribution is -2.44. The number of likely N-dealkylation sites (tertiary alicyclic amines) is 1. The van der Waals surface area contributed by atoms with Crippen molar-refractivity contribution in [1.29, 1.82) is 0 Å². The van der Waals surface area contributed by atoms with Gasteiger partial charge in [0.15, 0.2) is 0 Å². The molecule has 0 aliphatic carbocycles. The molecular weight excluding hydrogens is 370 g/mol. The normalized spacial score (nSPS) is 21.7. The Morgan fingerprint density at radius 1 is 1.19 bits per heavy atom. The summed E-state index contributed by atoms with van der Waals surface area (Å²) in [7, 11) is -3.13. The number of carbonyl (C=O) groups is 1. The fourth-order valence-corrected chi connectivity index (χ4v) is 5.43. The fraction of sp³-hybridized carbons (Fsp3) is 0.722. The maximum Gasteiger partial charge on any atom is 0.223 e. The predicted molar refractivity (Wildman–Crippen MR) is 104 cm³/mol. The Labute approximate surface area is 160 Å². The van der Waals surface area contributed by atoms with E-state index in [2.05, 4.69) is 27.7 Å². The van der Waals surface area contributed by atoms with Crippen LogP contribution in [0.25, 0.3) is 0 Å². The van der Waals surface area contributed by atoms with Crippen LogP contribution in [0.1, 0.15) is 30.6 Å². The van der Waals surface area contributed by atoms with Crippen LogP contribution in [0, 0.1) is 11.8 Å². The molecule has 6 nitrogen and oxygen atoms in total. The van der Waals surface area contributed by atoms with Crippen LogP contribution in [-0.2, 0) is 21.4 Å². The monoisotopic (exact) mass is 399 g/mol. The molecule has 0 aromatic carbocycles. The van der Waals surface area contributed by atoms with Crippen molar-refractivity contribution in [2.45, 2.75) is 32.2 Å². The van der Waals surface area contributed by atoms with Gasteiger partial charge < -0.3 is 5.32 Å².